The highest BCUT2D eigenvalue weighted by Gasteiger charge is 2.25. The number of rotatable bonds is 6. The molecule has 1 aliphatic rings. The molecule has 1 aliphatic heterocycles. The Kier molecular flexibility index (Phi) is 6.34. The van der Waals surface area contributed by atoms with Gasteiger partial charge in [0.05, 0.1) is 24.5 Å². The van der Waals surface area contributed by atoms with Crippen molar-refractivity contribution >= 4 is 10.9 Å². The van der Waals surface area contributed by atoms with Gasteiger partial charge in [-0.25, -0.2) is 9.67 Å². The number of hydrogen-bond acceptors (Lipinski definition) is 7. The molecule has 2 atom stereocenters. The zero-order chi connectivity index (χ0) is 24.5. The van der Waals surface area contributed by atoms with Gasteiger partial charge in [0, 0.05) is 35.4 Å². The predicted molar refractivity (Wildman–Crippen MR) is 129 cm³/mol. The first-order chi connectivity index (χ1) is 17.0. The van der Waals surface area contributed by atoms with E-state index >= 15 is 0 Å². The third-order valence-electron chi connectivity index (χ3n) is 6.40. The number of halogens is 1. The molecule has 1 fully saturated rings. The molecule has 0 bridgehead atoms. The van der Waals surface area contributed by atoms with E-state index in [1.165, 1.54) is 12.3 Å². The molecule has 1 unspecified atom stereocenters. The molecule has 182 valence electrons. The minimum absolute atomic E-state index is 0.183. The maximum Gasteiger partial charge on any atom is 0.212 e. The van der Waals surface area contributed by atoms with Gasteiger partial charge in [0.25, 0.3) is 0 Å². The molecule has 1 aromatic carbocycles. The van der Waals surface area contributed by atoms with Gasteiger partial charge in [-0.1, -0.05) is 0 Å². The Morgan fingerprint density at radius 1 is 1.14 bits per heavy atom. The van der Waals surface area contributed by atoms with Crippen molar-refractivity contribution in [2.24, 2.45) is 0 Å². The minimum Gasteiger partial charge on any atom is -0.493 e. The van der Waals surface area contributed by atoms with E-state index in [1.807, 2.05) is 37.6 Å². The van der Waals surface area contributed by atoms with E-state index in [0.29, 0.717) is 29.4 Å². The highest BCUT2D eigenvalue weighted by atomic mass is 19.1. The molecular weight excluding hydrogens is 449 g/mol. The van der Waals surface area contributed by atoms with Crippen LogP contribution >= 0.6 is 0 Å². The first kappa shape index (κ1) is 23.2. The molecule has 8 nitrogen and oxygen atoms in total. The summed E-state index contributed by atoms with van der Waals surface area (Å²) in [4.78, 5) is 3.83. The lowest BCUT2D eigenvalue weighted by molar-refractivity contribution is -0.0365. The van der Waals surface area contributed by atoms with Crippen LogP contribution in [0.4, 0.5) is 4.39 Å². The van der Waals surface area contributed by atoms with Crippen molar-refractivity contribution in [2.45, 2.75) is 52.4 Å². The average molecular weight is 478 g/mol. The van der Waals surface area contributed by atoms with Gasteiger partial charge in [0.15, 0.2) is 17.7 Å². The second-order valence-corrected chi connectivity index (χ2v) is 8.79. The van der Waals surface area contributed by atoms with Crippen molar-refractivity contribution in [2.75, 3.05) is 13.7 Å². The third kappa shape index (κ3) is 4.43. The van der Waals surface area contributed by atoms with Crippen LogP contribution in [0.2, 0.25) is 0 Å². The molecule has 0 spiro atoms. The fourth-order valence-corrected chi connectivity index (χ4v) is 4.74. The molecule has 1 saturated heterocycles. The van der Waals surface area contributed by atoms with Gasteiger partial charge in [-0.2, -0.15) is 19.7 Å². The van der Waals surface area contributed by atoms with Crippen molar-refractivity contribution in [1.29, 1.82) is 0 Å². The van der Waals surface area contributed by atoms with Gasteiger partial charge in [-0.3, -0.25) is 0 Å². The molecule has 0 radical (unpaired) electrons. The maximum absolute atomic E-state index is 13.5. The van der Waals surface area contributed by atoms with Crippen LogP contribution in [0.15, 0.2) is 36.7 Å². The first-order valence-corrected chi connectivity index (χ1v) is 11.8. The number of nitrogens with zero attached hydrogens (tertiary/aromatic N) is 5. The zero-order valence-corrected chi connectivity index (χ0v) is 20.3. The van der Waals surface area contributed by atoms with Crippen molar-refractivity contribution in [3.63, 3.8) is 0 Å². The Hall–Kier alpha value is -3.59. The highest BCUT2D eigenvalue weighted by Crippen LogP contribution is 2.41. The van der Waals surface area contributed by atoms with Gasteiger partial charge in [-0.15, -0.1) is 0 Å². The number of ether oxygens (including phenoxy) is 3. The lowest BCUT2D eigenvalue weighted by Crippen LogP contribution is -2.19. The van der Waals surface area contributed by atoms with E-state index in [9.17, 15) is 4.39 Å². The van der Waals surface area contributed by atoms with E-state index in [2.05, 4.69) is 15.2 Å². The third-order valence-corrected chi connectivity index (χ3v) is 6.40. The van der Waals surface area contributed by atoms with Gasteiger partial charge in [-0.05, 0) is 63.8 Å². The lowest BCUT2D eigenvalue weighted by atomic mass is 10.0. The number of aromatic nitrogens is 5. The molecule has 0 aliphatic carbocycles. The molecule has 9 heteroatoms. The van der Waals surface area contributed by atoms with Crippen molar-refractivity contribution < 1.29 is 18.6 Å². The molecule has 0 N–H and O–H groups in total. The summed E-state index contributed by atoms with van der Waals surface area (Å²) < 4.78 is 33.6. The number of benzene rings is 1. The van der Waals surface area contributed by atoms with Crippen LogP contribution in [0.5, 0.6) is 11.5 Å². The minimum atomic E-state index is -0.538. The second-order valence-electron chi connectivity index (χ2n) is 8.79. The molecule has 0 amide bonds. The van der Waals surface area contributed by atoms with E-state index in [0.717, 1.165) is 47.0 Å². The normalized spacial score (nSPS) is 16.9. The van der Waals surface area contributed by atoms with Crippen LogP contribution in [0.25, 0.3) is 22.2 Å². The van der Waals surface area contributed by atoms with Crippen LogP contribution < -0.4 is 9.47 Å². The maximum atomic E-state index is 13.5. The number of aryl methyl sites for hydroxylation is 2. The second kappa shape index (κ2) is 9.58. The van der Waals surface area contributed by atoms with Crippen LogP contribution in [0, 0.1) is 19.8 Å². The largest absolute Gasteiger partial charge is 0.493 e. The Labute approximate surface area is 203 Å². The fourth-order valence-electron chi connectivity index (χ4n) is 4.74. The monoisotopic (exact) mass is 477 g/mol. The molecule has 35 heavy (non-hydrogen) atoms. The van der Waals surface area contributed by atoms with Gasteiger partial charge >= 0.3 is 0 Å². The van der Waals surface area contributed by atoms with E-state index in [-0.39, 0.29) is 12.3 Å². The highest BCUT2D eigenvalue weighted by molar-refractivity contribution is 5.95. The molecule has 4 heterocycles. The van der Waals surface area contributed by atoms with Crippen LogP contribution in [-0.4, -0.2) is 38.7 Å². The average Bonchev–Trinajstić information content (AvgIpc) is 3.23. The molecule has 0 saturated carbocycles. The van der Waals surface area contributed by atoms with Crippen molar-refractivity contribution in [3.05, 3.63) is 59.4 Å². The molecule has 4 aromatic rings. The summed E-state index contributed by atoms with van der Waals surface area (Å²) >= 11 is 0. The number of hydrogen-bond donors (Lipinski definition) is 0. The number of methoxy groups -OCH3 is 1. The van der Waals surface area contributed by atoms with Gasteiger partial charge in [0.1, 0.15) is 11.8 Å². The Bertz CT molecular complexity index is 1330. The Morgan fingerprint density at radius 3 is 2.69 bits per heavy atom. The van der Waals surface area contributed by atoms with E-state index in [1.54, 1.807) is 19.4 Å². The van der Waals surface area contributed by atoms with Gasteiger partial charge in [0.2, 0.25) is 5.95 Å². The first-order valence-electron chi connectivity index (χ1n) is 11.8. The Morgan fingerprint density at radius 2 is 2.00 bits per heavy atom. The fraction of sp³-hybridized carbons (Fsp3) is 0.385. The lowest BCUT2D eigenvalue weighted by Gasteiger charge is -2.24. The van der Waals surface area contributed by atoms with Crippen LogP contribution in [0.3, 0.4) is 0 Å². The summed E-state index contributed by atoms with van der Waals surface area (Å²) in [7, 11) is 1.62. The van der Waals surface area contributed by atoms with Crippen LogP contribution in [-0.2, 0) is 4.74 Å². The quantitative estimate of drug-likeness (QED) is 0.339. The smallest absolute Gasteiger partial charge is 0.212 e. The van der Waals surface area contributed by atoms with Crippen molar-refractivity contribution in [3.8, 4) is 22.8 Å². The van der Waals surface area contributed by atoms with E-state index < -0.39 is 5.95 Å². The summed E-state index contributed by atoms with van der Waals surface area (Å²) in [5.41, 5.74) is 5.05. The molecule has 5 rings (SSSR count). The van der Waals surface area contributed by atoms with E-state index in [4.69, 9.17) is 19.3 Å². The predicted octanol–water partition coefficient (Wildman–Crippen LogP) is 5.49. The topological polar surface area (TPSA) is 84.2 Å². The standard InChI is InChI=1S/C26H28FN5O3/c1-15-13-29-30-16(2)25(15)17(3)35-22-11-19-20(12-21(22)33-4)32(24-7-5-6-10-34-24)31-26(19)18-8-9-23(27)28-14-18/h8-9,11-14,17,24H,5-7,10H2,1-4H3/t17-,24?/m1/s1. The Balaban J connectivity index is 1.64. The summed E-state index contributed by atoms with van der Waals surface area (Å²) in [6, 6.07) is 6.86. The summed E-state index contributed by atoms with van der Waals surface area (Å²) in [6.07, 6.45) is 5.72. The summed E-state index contributed by atoms with van der Waals surface area (Å²) in [5, 5.41) is 13.9. The number of fused-ring (bicyclic) bond motifs is 1. The van der Waals surface area contributed by atoms with Crippen LogP contribution in [0.1, 0.15) is 55.3 Å². The van der Waals surface area contributed by atoms with Crippen molar-refractivity contribution in [1.82, 2.24) is 25.0 Å². The summed E-state index contributed by atoms with van der Waals surface area (Å²) in [5.74, 6) is 0.621. The number of pyridine rings is 1. The molecular formula is C26H28FN5O3. The van der Waals surface area contributed by atoms with Gasteiger partial charge < -0.3 is 14.2 Å². The summed E-state index contributed by atoms with van der Waals surface area (Å²) in [6.45, 7) is 6.58. The zero-order valence-electron chi connectivity index (χ0n) is 20.3. The molecule has 3 aromatic heterocycles. The SMILES string of the molecule is COc1cc2c(cc1O[C@H](C)c1c(C)cnnc1C)c(-c1ccc(F)nc1)nn2C1CCCCO1.